The van der Waals surface area contributed by atoms with Crippen LogP contribution in [0.5, 0.6) is 11.5 Å². The molecule has 1 aromatic carbocycles. The molecule has 1 unspecified atom stereocenters. The number of nitrogens with zero attached hydrogens (tertiary/aromatic N) is 1. The topological polar surface area (TPSA) is 77.9 Å². The van der Waals surface area contributed by atoms with E-state index in [4.69, 9.17) is 19.6 Å². The Morgan fingerprint density at radius 2 is 2.04 bits per heavy atom. The normalized spacial score (nSPS) is 16.4. The zero-order valence-corrected chi connectivity index (χ0v) is 15.2. The smallest absolute Gasteiger partial charge is 0.257 e. The molecule has 1 fully saturated rings. The van der Waals surface area contributed by atoms with Crippen LogP contribution in [0, 0.1) is 0 Å². The Kier molecular flexibility index (Phi) is 6.33. The van der Waals surface area contributed by atoms with Crippen LogP contribution in [0.4, 0.5) is 0 Å². The van der Waals surface area contributed by atoms with Crippen LogP contribution in [-0.4, -0.2) is 31.6 Å². The van der Waals surface area contributed by atoms with E-state index in [1.165, 1.54) is 6.26 Å². The molecule has 136 valence electrons. The van der Waals surface area contributed by atoms with Crippen LogP contribution < -0.4 is 15.2 Å². The molecule has 0 spiro atoms. The van der Waals surface area contributed by atoms with E-state index in [0.717, 1.165) is 24.9 Å². The Balaban J connectivity index is 0.00000225. The summed E-state index contributed by atoms with van der Waals surface area (Å²) in [6, 6.07) is 7.54. The average Bonchev–Trinajstić information content (AvgIpc) is 3.29. The molecule has 1 aromatic heterocycles. The molecule has 1 aliphatic heterocycles. The van der Waals surface area contributed by atoms with E-state index < -0.39 is 0 Å². The van der Waals surface area contributed by atoms with Gasteiger partial charge in [0.2, 0.25) is 0 Å². The van der Waals surface area contributed by atoms with Crippen molar-refractivity contribution in [3.8, 4) is 11.5 Å². The van der Waals surface area contributed by atoms with Crippen molar-refractivity contribution >= 4 is 18.3 Å². The van der Waals surface area contributed by atoms with E-state index in [0.29, 0.717) is 22.8 Å². The number of likely N-dealkylation sites (tertiary alicyclic amines) is 1. The summed E-state index contributed by atoms with van der Waals surface area (Å²) in [7, 11) is 3.22. The fourth-order valence-electron chi connectivity index (χ4n) is 3.18. The maximum Gasteiger partial charge on any atom is 0.257 e. The fourth-order valence-corrected chi connectivity index (χ4v) is 3.18. The molecule has 6 nitrogen and oxygen atoms in total. The van der Waals surface area contributed by atoms with Crippen molar-refractivity contribution in [2.75, 3.05) is 20.8 Å². The van der Waals surface area contributed by atoms with Gasteiger partial charge in [-0.05, 0) is 36.6 Å². The van der Waals surface area contributed by atoms with Gasteiger partial charge in [0.25, 0.3) is 5.91 Å². The summed E-state index contributed by atoms with van der Waals surface area (Å²) in [4.78, 5) is 14.7. The molecule has 1 atom stereocenters. The number of furan rings is 1. The summed E-state index contributed by atoms with van der Waals surface area (Å²) in [6.07, 6.45) is 3.36. The van der Waals surface area contributed by atoms with Gasteiger partial charge in [0.1, 0.15) is 12.0 Å². The Bertz CT molecular complexity index is 732. The summed E-state index contributed by atoms with van der Waals surface area (Å²) in [5, 5.41) is 0. The van der Waals surface area contributed by atoms with Crippen molar-refractivity contribution in [2.45, 2.75) is 25.4 Å². The molecule has 1 saturated heterocycles. The maximum absolute atomic E-state index is 12.8. The molecule has 1 amide bonds. The number of amides is 1. The van der Waals surface area contributed by atoms with E-state index in [9.17, 15) is 4.79 Å². The summed E-state index contributed by atoms with van der Waals surface area (Å²) >= 11 is 0. The van der Waals surface area contributed by atoms with Gasteiger partial charge in [-0.2, -0.15) is 0 Å². The quantitative estimate of drug-likeness (QED) is 0.879. The van der Waals surface area contributed by atoms with Gasteiger partial charge in [-0.1, -0.05) is 6.07 Å². The third-order valence-corrected chi connectivity index (χ3v) is 4.41. The molecule has 0 bridgehead atoms. The standard InChI is InChI=1S/C18H22N2O4.ClH/c1-22-16-6-5-12(9-17(16)23-2)15-4-3-7-20(15)18(21)13-8-14(10-19)24-11-13;/h5-6,8-9,11,15H,3-4,7,10,19H2,1-2H3;1H. The van der Waals surface area contributed by atoms with E-state index in [1.54, 1.807) is 20.3 Å². The molecular formula is C18H23ClN2O4. The van der Waals surface area contributed by atoms with Crippen LogP contribution in [-0.2, 0) is 6.54 Å². The largest absolute Gasteiger partial charge is 0.493 e. The summed E-state index contributed by atoms with van der Waals surface area (Å²) in [5.74, 6) is 1.93. The second-order valence-corrected chi connectivity index (χ2v) is 5.78. The highest BCUT2D eigenvalue weighted by molar-refractivity contribution is 5.94. The molecule has 7 heteroatoms. The van der Waals surface area contributed by atoms with Crippen molar-refractivity contribution in [3.05, 3.63) is 47.4 Å². The first-order valence-corrected chi connectivity index (χ1v) is 7.98. The van der Waals surface area contributed by atoms with Gasteiger partial charge in [0, 0.05) is 6.54 Å². The number of methoxy groups -OCH3 is 2. The minimum Gasteiger partial charge on any atom is -0.493 e. The van der Waals surface area contributed by atoms with Crippen molar-refractivity contribution in [2.24, 2.45) is 5.73 Å². The molecule has 0 saturated carbocycles. The van der Waals surface area contributed by atoms with E-state index in [2.05, 4.69) is 0 Å². The third-order valence-electron chi connectivity index (χ3n) is 4.41. The minimum atomic E-state index is -0.0317. The monoisotopic (exact) mass is 366 g/mol. The number of benzene rings is 1. The number of hydrogen-bond donors (Lipinski definition) is 1. The Morgan fingerprint density at radius 3 is 2.68 bits per heavy atom. The SMILES string of the molecule is COc1ccc(C2CCCN2C(=O)c2coc(CN)c2)cc1OC.Cl. The van der Waals surface area contributed by atoms with Gasteiger partial charge >= 0.3 is 0 Å². The average molecular weight is 367 g/mol. The van der Waals surface area contributed by atoms with Crippen molar-refractivity contribution < 1.29 is 18.7 Å². The van der Waals surface area contributed by atoms with Gasteiger partial charge in [-0.15, -0.1) is 12.4 Å². The molecule has 2 N–H and O–H groups in total. The van der Waals surface area contributed by atoms with E-state index >= 15 is 0 Å². The predicted octanol–water partition coefficient (Wildman–Crippen LogP) is 3.15. The zero-order chi connectivity index (χ0) is 17.1. The molecule has 0 aliphatic carbocycles. The molecule has 2 aromatic rings. The Morgan fingerprint density at radius 1 is 1.28 bits per heavy atom. The summed E-state index contributed by atoms with van der Waals surface area (Å²) < 4.78 is 16.0. The van der Waals surface area contributed by atoms with Crippen molar-refractivity contribution in [1.29, 1.82) is 0 Å². The van der Waals surface area contributed by atoms with Gasteiger partial charge in [-0.25, -0.2) is 0 Å². The van der Waals surface area contributed by atoms with Gasteiger partial charge in [-0.3, -0.25) is 4.79 Å². The van der Waals surface area contributed by atoms with Crippen LogP contribution in [0.25, 0.3) is 0 Å². The molecule has 3 rings (SSSR count). The lowest BCUT2D eigenvalue weighted by Gasteiger charge is -2.25. The zero-order valence-electron chi connectivity index (χ0n) is 14.4. The number of ether oxygens (including phenoxy) is 2. The first kappa shape index (κ1) is 19.1. The molecule has 25 heavy (non-hydrogen) atoms. The summed E-state index contributed by atoms with van der Waals surface area (Å²) in [5.41, 5.74) is 7.14. The van der Waals surface area contributed by atoms with Gasteiger partial charge in [0.15, 0.2) is 11.5 Å². The highest BCUT2D eigenvalue weighted by Gasteiger charge is 2.31. The highest BCUT2D eigenvalue weighted by Crippen LogP contribution is 2.37. The number of rotatable bonds is 5. The second kappa shape index (κ2) is 8.27. The highest BCUT2D eigenvalue weighted by atomic mass is 35.5. The van der Waals surface area contributed by atoms with Crippen molar-refractivity contribution in [3.63, 3.8) is 0 Å². The molecular weight excluding hydrogens is 344 g/mol. The van der Waals surface area contributed by atoms with Crippen LogP contribution >= 0.6 is 12.4 Å². The van der Waals surface area contributed by atoms with Gasteiger partial charge in [0.05, 0.1) is 32.4 Å². The first-order chi connectivity index (χ1) is 11.7. The Hall–Kier alpha value is -2.18. The number of carbonyl (C=O) groups is 1. The fraction of sp³-hybridized carbons (Fsp3) is 0.389. The van der Waals surface area contributed by atoms with E-state index in [-0.39, 0.29) is 30.9 Å². The lowest BCUT2D eigenvalue weighted by molar-refractivity contribution is 0.0734. The number of nitrogens with two attached hydrogens (primary N) is 1. The number of hydrogen-bond acceptors (Lipinski definition) is 5. The van der Waals surface area contributed by atoms with E-state index in [1.807, 2.05) is 23.1 Å². The van der Waals surface area contributed by atoms with Gasteiger partial charge < -0.3 is 24.5 Å². The molecule has 1 aliphatic rings. The molecule has 2 heterocycles. The number of carbonyl (C=O) groups excluding carboxylic acids is 1. The molecule has 0 radical (unpaired) electrons. The third kappa shape index (κ3) is 3.75. The maximum atomic E-state index is 12.8. The predicted molar refractivity (Wildman–Crippen MR) is 96.4 cm³/mol. The lowest BCUT2D eigenvalue weighted by atomic mass is 10.0. The number of halogens is 1. The van der Waals surface area contributed by atoms with Crippen LogP contribution in [0.2, 0.25) is 0 Å². The second-order valence-electron chi connectivity index (χ2n) is 5.78. The summed E-state index contributed by atoms with van der Waals surface area (Å²) in [6.45, 7) is 1.01. The van der Waals surface area contributed by atoms with Crippen LogP contribution in [0.1, 0.15) is 40.6 Å². The minimum absolute atomic E-state index is 0. The van der Waals surface area contributed by atoms with Crippen LogP contribution in [0.15, 0.2) is 34.9 Å². The first-order valence-electron chi connectivity index (χ1n) is 7.98. The van der Waals surface area contributed by atoms with Crippen LogP contribution in [0.3, 0.4) is 0 Å². The Labute approximate surface area is 153 Å². The van der Waals surface area contributed by atoms with Crippen molar-refractivity contribution in [1.82, 2.24) is 4.90 Å². The lowest BCUT2D eigenvalue weighted by Crippen LogP contribution is -2.30.